The average molecular weight is 270 g/mol. The summed E-state index contributed by atoms with van der Waals surface area (Å²) < 4.78 is 10.5. The van der Waals surface area contributed by atoms with Crippen molar-refractivity contribution in [2.24, 2.45) is 16.9 Å². The summed E-state index contributed by atoms with van der Waals surface area (Å²) in [4.78, 5) is 12.1. The van der Waals surface area contributed by atoms with Crippen LogP contribution < -0.4 is 14.9 Å². The van der Waals surface area contributed by atoms with E-state index in [9.17, 15) is 4.79 Å². The molecule has 3 aliphatic rings. The van der Waals surface area contributed by atoms with Crippen molar-refractivity contribution in [2.45, 2.75) is 12.8 Å². The molecule has 0 unspecified atom stereocenters. The maximum Gasteiger partial charge on any atom is 0.271 e. The Balaban J connectivity index is 1.44. The van der Waals surface area contributed by atoms with Gasteiger partial charge in [-0.15, -0.1) is 0 Å². The molecule has 1 aromatic rings. The number of ether oxygens (including phenoxy) is 2. The van der Waals surface area contributed by atoms with E-state index in [1.54, 1.807) is 18.2 Å². The van der Waals surface area contributed by atoms with Gasteiger partial charge in [0.15, 0.2) is 11.5 Å². The van der Waals surface area contributed by atoms with Crippen LogP contribution >= 0.6 is 0 Å². The molecule has 0 radical (unpaired) electrons. The van der Waals surface area contributed by atoms with Gasteiger partial charge in [0.25, 0.3) is 5.91 Å². The van der Waals surface area contributed by atoms with E-state index in [1.165, 1.54) is 0 Å². The molecule has 2 atom stereocenters. The molecule has 1 fully saturated rings. The molecule has 102 valence electrons. The molecule has 1 heterocycles. The van der Waals surface area contributed by atoms with Gasteiger partial charge in [0.1, 0.15) is 0 Å². The van der Waals surface area contributed by atoms with Gasteiger partial charge in [-0.3, -0.25) is 4.79 Å². The maximum absolute atomic E-state index is 12.1. The minimum Gasteiger partial charge on any atom is -0.454 e. The quantitative estimate of drug-likeness (QED) is 0.661. The van der Waals surface area contributed by atoms with E-state index >= 15 is 0 Å². The Bertz CT molecular complexity index is 636. The number of amides is 1. The highest BCUT2D eigenvalue weighted by molar-refractivity contribution is 5.98. The largest absolute Gasteiger partial charge is 0.454 e. The average Bonchev–Trinajstić information content (AvgIpc) is 3.04. The highest BCUT2D eigenvalue weighted by atomic mass is 16.7. The van der Waals surface area contributed by atoms with E-state index < -0.39 is 0 Å². The molecule has 1 N–H and O–H groups in total. The maximum atomic E-state index is 12.1. The summed E-state index contributed by atoms with van der Waals surface area (Å²) in [7, 11) is 0. The second-order valence-electron chi connectivity index (χ2n) is 5.25. The molecule has 0 spiro atoms. The van der Waals surface area contributed by atoms with Crippen LogP contribution in [0.1, 0.15) is 23.2 Å². The number of nitrogens with one attached hydrogen (secondary N) is 1. The van der Waals surface area contributed by atoms with Crippen LogP contribution in [0.15, 0.2) is 35.5 Å². The fourth-order valence-corrected chi connectivity index (χ4v) is 2.89. The van der Waals surface area contributed by atoms with Gasteiger partial charge in [-0.25, -0.2) is 5.43 Å². The summed E-state index contributed by atoms with van der Waals surface area (Å²) >= 11 is 0. The van der Waals surface area contributed by atoms with E-state index in [0.717, 1.165) is 18.6 Å². The SMILES string of the molecule is O=C(N/N=C1/C[C@H]2C=CC[C@H]12)c1ccc2c(c1)OCO2. The van der Waals surface area contributed by atoms with Crippen molar-refractivity contribution in [2.75, 3.05) is 6.79 Å². The lowest BCUT2D eigenvalue weighted by molar-refractivity contribution is 0.0953. The first kappa shape index (κ1) is 11.5. The van der Waals surface area contributed by atoms with E-state index in [0.29, 0.717) is 28.9 Å². The first-order valence-corrected chi connectivity index (χ1v) is 6.74. The van der Waals surface area contributed by atoms with Crippen molar-refractivity contribution in [3.63, 3.8) is 0 Å². The van der Waals surface area contributed by atoms with Crippen molar-refractivity contribution in [3.8, 4) is 11.5 Å². The Hall–Kier alpha value is -2.30. The lowest BCUT2D eigenvalue weighted by atomic mass is 9.74. The lowest BCUT2D eigenvalue weighted by Gasteiger charge is -2.31. The zero-order valence-electron chi connectivity index (χ0n) is 10.8. The van der Waals surface area contributed by atoms with Crippen LogP contribution in [0.25, 0.3) is 0 Å². The second-order valence-corrected chi connectivity index (χ2v) is 5.25. The first-order valence-electron chi connectivity index (χ1n) is 6.74. The molecule has 0 bridgehead atoms. The predicted molar refractivity (Wildman–Crippen MR) is 72.8 cm³/mol. The Morgan fingerprint density at radius 2 is 2.20 bits per heavy atom. The monoisotopic (exact) mass is 270 g/mol. The summed E-state index contributed by atoms with van der Waals surface area (Å²) in [5.41, 5.74) is 4.25. The van der Waals surface area contributed by atoms with E-state index in [1.807, 2.05) is 0 Å². The van der Waals surface area contributed by atoms with Gasteiger partial charge in [-0.05, 0) is 37.0 Å². The molecule has 20 heavy (non-hydrogen) atoms. The molecular formula is C15H14N2O3. The Morgan fingerprint density at radius 1 is 1.30 bits per heavy atom. The van der Waals surface area contributed by atoms with Gasteiger partial charge < -0.3 is 9.47 Å². The minimum atomic E-state index is -0.217. The number of rotatable bonds is 2. The van der Waals surface area contributed by atoms with Gasteiger partial charge in [0, 0.05) is 17.2 Å². The predicted octanol–water partition coefficient (Wildman–Crippen LogP) is 2.10. The van der Waals surface area contributed by atoms with Crippen molar-refractivity contribution in [1.29, 1.82) is 0 Å². The summed E-state index contributed by atoms with van der Waals surface area (Å²) in [6.45, 7) is 0.207. The Morgan fingerprint density at radius 3 is 3.10 bits per heavy atom. The third kappa shape index (κ3) is 1.78. The number of hydrazone groups is 1. The number of carbonyl (C=O) groups excluding carboxylic acids is 1. The number of hydrogen-bond donors (Lipinski definition) is 1. The fraction of sp³-hybridized carbons (Fsp3) is 0.333. The second kappa shape index (κ2) is 4.37. The van der Waals surface area contributed by atoms with Gasteiger partial charge in [-0.1, -0.05) is 12.2 Å². The van der Waals surface area contributed by atoms with Gasteiger partial charge in [-0.2, -0.15) is 5.10 Å². The van der Waals surface area contributed by atoms with Crippen molar-refractivity contribution in [1.82, 2.24) is 5.43 Å². The molecule has 4 rings (SSSR count). The molecule has 1 aliphatic heterocycles. The standard InChI is InChI=1S/C15H14N2O3/c18-15(10-4-5-13-14(7-10)20-8-19-13)17-16-12-6-9-2-1-3-11(9)12/h1-2,4-5,7,9,11H,3,6,8H2,(H,17,18)/b16-12-/t9-,11+/m1/s1. The smallest absolute Gasteiger partial charge is 0.271 e. The normalized spacial score (nSPS) is 27.3. The highest BCUT2D eigenvalue weighted by Crippen LogP contribution is 2.40. The molecule has 1 saturated carbocycles. The molecule has 1 aromatic carbocycles. The van der Waals surface area contributed by atoms with Crippen LogP contribution in [-0.2, 0) is 0 Å². The van der Waals surface area contributed by atoms with E-state index in [2.05, 4.69) is 22.7 Å². The van der Waals surface area contributed by atoms with E-state index in [-0.39, 0.29) is 12.7 Å². The third-order valence-electron chi connectivity index (χ3n) is 4.10. The number of carbonyl (C=O) groups is 1. The summed E-state index contributed by atoms with van der Waals surface area (Å²) in [5.74, 6) is 2.20. The first-order chi connectivity index (χ1) is 9.81. The van der Waals surface area contributed by atoms with Gasteiger partial charge >= 0.3 is 0 Å². The number of nitrogens with zero attached hydrogens (tertiary/aromatic N) is 1. The number of allylic oxidation sites excluding steroid dienone is 2. The van der Waals surface area contributed by atoms with Crippen LogP contribution in [0.2, 0.25) is 0 Å². The van der Waals surface area contributed by atoms with Crippen LogP contribution in [-0.4, -0.2) is 18.4 Å². The Labute approximate surface area is 116 Å². The van der Waals surface area contributed by atoms with Crippen molar-refractivity contribution < 1.29 is 14.3 Å². The van der Waals surface area contributed by atoms with Crippen LogP contribution in [0.4, 0.5) is 0 Å². The third-order valence-corrected chi connectivity index (χ3v) is 4.10. The zero-order valence-corrected chi connectivity index (χ0v) is 10.8. The van der Waals surface area contributed by atoms with Crippen molar-refractivity contribution >= 4 is 11.6 Å². The van der Waals surface area contributed by atoms with E-state index in [4.69, 9.17) is 9.47 Å². The summed E-state index contributed by atoms with van der Waals surface area (Å²) in [6, 6.07) is 5.13. The highest BCUT2D eigenvalue weighted by Gasteiger charge is 2.38. The van der Waals surface area contributed by atoms with Crippen LogP contribution in [0.5, 0.6) is 11.5 Å². The summed E-state index contributed by atoms with van der Waals surface area (Å²) in [6.07, 6.45) is 6.44. The molecule has 5 nitrogen and oxygen atoms in total. The zero-order chi connectivity index (χ0) is 13.5. The van der Waals surface area contributed by atoms with Crippen molar-refractivity contribution in [3.05, 3.63) is 35.9 Å². The molecular weight excluding hydrogens is 256 g/mol. The van der Waals surface area contributed by atoms with Crippen LogP contribution in [0.3, 0.4) is 0 Å². The topological polar surface area (TPSA) is 59.9 Å². The molecule has 1 amide bonds. The molecule has 5 heteroatoms. The molecule has 0 saturated heterocycles. The molecule has 2 aliphatic carbocycles. The number of benzene rings is 1. The number of hydrogen-bond acceptors (Lipinski definition) is 4. The molecule has 0 aromatic heterocycles. The van der Waals surface area contributed by atoms with Gasteiger partial charge in [0.05, 0.1) is 0 Å². The Kier molecular flexibility index (Phi) is 2.52. The fourth-order valence-electron chi connectivity index (χ4n) is 2.89. The van der Waals surface area contributed by atoms with Crippen LogP contribution in [0, 0.1) is 11.8 Å². The lowest BCUT2D eigenvalue weighted by Crippen LogP contribution is -2.35. The van der Waals surface area contributed by atoms with Gasteiger partial charge in [0.2, 0.25) is 6.79 Å². The number of fused-ring (bicyclic) bond motifs is 2. The minimum absolute atomic E-state index is 0.207. The summed E-state index contributed by atoms with van der Waals surface area (Å²) in [5, 5.41) is 4.25.